The van der Waals surface area contributed by atoms with Crippen molar-refractivity contribution in [3.05, 3.63) is 48.5 Å². The van der Waals surface area contributed by atoms with Gasteiger partial charge in [-0.05, 0) is 12.1 Å². The average molecular weight is 228 g/mol. The van der Waals surface area contributed by atoms with Gasteiger partial charge in [0.2, 0.25) is 0 Å². The van der Waals surface area contributed by atoms with Crippen LogP contribution in [0.4, 0.5) is 11.4 Å². The summed E-state index contributed by atoms with van der Waals surface area (Å²) in [6, 6.07) is 7.28. The van der Waals surface area contributed by atoms with Crippen molar-refractivity contribution in [1.29, 1.82) is 0 Å². The molecular weight excluding hydrogens is 216 g/mol. The van der Waals surface area contributed by atoms with Gasteiger partial charge in [-0.15, -0.1) is 0 Å². The number of anilines is 2. The fraction of sp³-hybridized carbons (Fsp3) is 0.0833. The largest absolute Gasteiger partial charge is 0.387 e. The first-order chi connectivity index (χ1) is 8.31. The summed E-state index contributed by atoms with van der Waals surface area (Å²) in [7, 11) is 1.78. The van der Waals surface area contributed by atoms with Crippen LogP contribution in [0, 0.1) is 0 Å². The van der Waals surface area contributed by atoms with E-state index >= 15 is 0 Å². The number of aromatic nitrogens is 2. The number of nitrogens with zero attached hydrogens (tertiary/aromatic N) is 2. The molecule has 0 bridgehead atoms. The topological polar surface area (TPSA) is 66.9 Å². The molecule has 0 aliphatic heterocycles. The maximum atomic E-state index is 12.0. The first-order valence-corrected chi connectivity index (χ1v) is 5.14. The van der Waals surface area contributed by atoms with Crippen molar-refractivity contribution in [2.75, 3.05) is 17.7 Å². The van der Waals surface area contributed by atoms with Crippen LogP contribution in [0.2, 0.25) is 0 Å². The number of benzene rings is 1. The molecular formula is C12H12N4O. The number of hydrogen-bond donors (Lipinski definition) is 2. The van der Waals surface area contributed by atoms with Gasteiger partial charge in [-0.25, -0.2) is 9.97 Å². The molecule has 0 atom stereocenters. The molecule has 17 heavy (non-hydrogen) atoms. The van der Waals surface area contributed by atoms with Gasteiger partial charge in [-0.2, -0.15) is 0 Å². The van der Waals surface area contributed by atoms with Crippen LogP contribution < -0.4 is 10.6 Å². The third kappa shape index (κ3) is 2.57. The van der Waals surface area contributed by atoms with Gasteiger partial charge in [-0.1, -0.05) is 12.1 Å². The molecule has 2 rings (SSSR count). The zero-order valence-electron chi connectivity index (χ0n) is 9.34. The van der Waals surface area contributed by atoms with E-state index in [2.05, 4.69) is 20.6 Å². The second kappa shape index (κ2) is 5.07. The molecule has 0 aliphatic rings. The van der Waals surface area contributed by atoms with Crippen LogP contribution in [0.1, 0.15) is 10.4 Å². The van der Waals surface area contributed by atoms with E-state index in [-0.39, 0.29) is 5.91 Å². The van der Waals surface area contributed by atoms with Crippen molar-refractivity contribution < 1.29 is 4.79 Å². The summed E-state index contributed by atoms with van der Waals surface area (Å²) in [5.74, 6) is -0.190. The normalized spacial score (nSPS) is 9.71. The van der Waals surface area contributed by atoms with Crippen LogP contribution >= 0.6 is 0 Å². The summed E-state index contributed by atoms with van der Waals surface area (Å²) in [6.07, 6.45) is 4.51. The third-order valence-corrected chi connectivity index (χ3v) is 2.26. The van der Waals surface area contributed by atoms with Crippen molar-refractivity contribution >= 4 is 17.3 Å². The van der Waals surface area contributed by atoms with Crippen LogP contribution in [-0.4, -0.2) is 22.9 Å². The van der Waals surface area contributed by atoms with E-state index in [4.69, 9.17) is 0 Å². The first kappa shape index (κ1) is 11.1. The molecule has 1 aromatic carbocycles. The number of para-hydroxylation sites is 1. The lowest BCUT2D eigenvalue weighted by atomic mass is 10.1. The lowest BCUT2D eigenvalue weighted by Gasteiger charge is -2.08. The number of carbonyl (C=O) groups excluding carboxylic acids is 1. The molecule has 0 saturated carbocycles. The standard InChI is InChI=1S/C12H12N4O/c1-13-11-5-3-2-4-10(11)12(17)16-9-6-14-8-15-7-9/h2-8,13H,1H3,(H,16,17). The Labute approximate surface area is 98.9 Å². The van der Waals surface area contributed by atoms with E-state index in [1.807, 2.05) is 18.2 Å². The van der Waals surface area contributed by atoms with Gasteiger partial charge in [0, 0.05) is 12.7 Å². The molecule has 1 aromatic heterocycles. The maximum absolute atomic E-state index is 12.0. The van der Waals surface area contributed by atoms with Gasteiger partial charge in [0.05, 0.1) is 23.6 Å². The molecule has 86 valence electrons. The zero-order chi connectivity index (χ0) is 12.1. The predicted molar refractivity (Wildman–Crippen MR) is 66.0 cm³/mol. The Hall–Kier alpha value is -2.43. The summed E-state index contributed by atoms with van der Waals surface area (Å²) in [4.78, 5) is 19.7. The molecule has 2 aromatic rings. The zero-order valence-corrected chi connectivity index (χ0v) is 9.34. The molecule has 0 saturated heterocycles. The Bertz CT molecular complexity index is 513. The summed E-state index contributed by atoms with van der Waals surface area (Å²) in [5, 5.41) is 5.70. The van der Waals surface area contributed by atoms with Crippen LogP contribution in [0.15, 0.2) is 43.0 Å². The van der Waals surface area contributed by atoms with E-state index in [0.29, 0.717) is 11.3 Å². The lowest BCUT2D eigenvalue weighted by molar-refractivity contribution is 0.102. The molecule has 0 unspecified atom stereocenters. The van der Waals surface area contributed by atoms with Gasteiger partial charge >= 0.3 is 0 Å². The number of rotatable bonds is 3. The number of carbonyl (C=O) groups is 1. The third-order valence-electron chi connectivity index (χ3n) is 2.26. The van der Waals surface area contributed by atoms with E-state index < -0.39 is 0 Å². The van der Waals surface area contributed by atoms with E-state index in [1.165, 1.54) is 6.33 Å². The molecule has 0 aliphatic carbocycles. The highest BCUT2D eigenvalue weighted by molar-refractivity contribution is 6.07. The van der Waals surface area contributed by atoms with Gasteiger partial charge in [-0.3, -0.25) is 4.79 Å². The number of amides is 1. The number of nitrogens with one attached hydrogen (secondary N) is 2. The Morgan fingerprint density at radius 3 is 2.59 bits per heavy atom. The molecule has 5 nitrogen and oxygen atoms in total. The Morgan fingerprint density at radius 2 is 1.88 bits per heavy atom. The Morgan fingerprint density at radius 1 is 1.18 bits per heavy atom. The smallest absolute Gasteiger partial charge is 0.257 e. The quantitative estimate of drug-likeness (QED) is 0.840. The molecule has 5 heteroatoms. The second-order valence-corrected chi connectivity index (χ2v) is 3.38. The summed E-state index contributed by atoms with van der Waals surface area (Å²) >= 11 is 0. The minimum atomic E-state index is -0.190. The van der Waals surface area contributed by atoms with Gasteiger partial charge < -0.3 is 10.6 Å². The summed E-state index contributed by atoms with van der Waals surface area (Å²) in [6.45, 7) is 0. The van der Waals surface area contributed by atoms with E-state index in [0.717, 1.165) is 5.69 Å². The number of hydrogen-bond acceptors (Lipinski definition) is 4. The molecule has 0 spiro atoms. The average Bonchev–Trinajstić information content (AvgIpc) is 2.40. The van der Waals surface area contributed by atoms with Crippen molar-refractivity contribution in [3.63, 3.8) is 0 Å². The molecule has 1 heterocycles. The van der Waals surface area contributed by atoms with Gasteiger partial charge in [0.1, 0.15) is 6.33 Å². The fourth-order valence-electron chi connectivity index (χ4n) is 1.46. The highest BCUT2D eigenvalue weighted by Gasteiger charge is 2.09. The molecule has 1 amide bonds. The molecule has 0 radical (unpaired) electrons. The first-order valence-electron chi connectivity index (χ1n) is 5.14. The van der Waals surface area contributed by atoms with Crippen LogP contribution in [0.25, 0.3) is 0 Å². The van der Waals surface area contributed by atoms with Gasteiger partial charge in [0.15, 0.2) is 0 Å². The predicted octanol–water partition coefficient (Wildman–Crippen LogP) is 1.77. The lowest BCUT2D eigenvalue weighted by Crippen LogP contribution is -2.14. The van der Waals surface area contributed by atoms with E-state index in [1.54, 1.807) is 25.5 Å². The van der Waals surface area contributed by atoms with E-state index in [9.17, 15) is 4.79 Å². The monoisotopic (exact) mass is 228 g/mol. The van der Waals surface area contributed by atoms with Crippen LogP contribution in [-0.2, 0) is 0 Å². The second-order valence-electron chi connectivity index (χ2n) is 3.38. The highest BCUT2D eigenvalue weighted by atomic mass is 16.1. The van der Waals surface area contributed by atoms with Crippen molar-refractivity contribution in [3.8, 4) is 0 Å². The van der Waals surface area contributed by atoms with Crippen molar-refractivity contribution in [1.82, 2.24) is 9.97 Å². The molecule has 0 fully saturated rings. The van der Waals surface area contributed by atoms with Crippen LogP contribution in [0.3, 0.4) is 0 Å². The highest BCUT2D eigenvalue weighted by Crippen LogP contribution is 2.15. The minimum Gasteiger partial charge on any atom is -0.387 e. The SMILES string of the molecule is CNc1ccccc1C(=O)Nc1cncnc1. The molecule has 2 N–H and O–H groups in total. The van der Waals surface area contributed by atoms with Crippen molar-refractivity contribution in [2.24, 2.45) is 0 Å². The summed E-state index contributed by atoms with van der Waals surface area (Å²) in [5.41, 5.74) is 1.93. The Kier molecular flexibility index (Phi) is 3.30. The maximum Gasteiger partial charge on any atom is 0.257 e. The van der Waals surface area contributed by atoms with Crippen molar-refractivity contribution in [2.45, 2.75) is 0 Å². The Balaban J connectivity index is 2.20. The summed E-state index contributed by atoms with van der Waals surface area (Å²) < 4.78 is 0. The fourth-order valence-corrected chi connectivity index (χ4v) is 1.46. The minimum absolute atomic E-state index is 0.190. The van der Waals surface area contributed by atoms with Gasteiger partial charge in [0.25, 0.3) is 5.91 Å². The van der Waals surface area contributed by atoms with Crippen LogP contribution in [0.5, 0.6) is 0 Å².